The smallest absolute Gasteiger partial charge is 0.246 e. The van der Waals surface area contributed by atoms with Crippen molar-refractivity contribution in [3.8, 4) is 0 Å². The molecule has 0 aliphatic carbocycles. The predicted molar refractivity (Wildman–Crippen MR) is 76.3 cm³/mol. The number of anilines is 1. The first-order valence-electron chi connectivity index (χ1n) is 6.51. The molecule has 0 aliphatic rings. The van der Waals surface area contributed by atoms with Gasteiger partial charge in [-0.05, 0) is 31.0 Å². The van der Waals surface area contributed by atoms with Crippen molar-refractivity contribution in [3.05, 3.63) is 23.5 Å². The molecule has 0 radical (unpaired) electrons. The highest BCUT2D eigenvalue weighted by molar-refractivity contribution is 7.89. The molecule has 0 saturated carbocycles. The molecular formula is C13H21FN2O3S. The van der Waals surface area contributed by atoms with Crippen molar-refractivity contribution in [1.29, 1.82) is 0 Å². The Labute approximate surface area is 119 Å². The van der Waals surface area contributed by atoms with Crippen LogP contribution in [0.3, 0.4) is 0 Å². The van der Waals surface area contributed by atoms with Crippen LogP contribution in [0, 0.1) is 12.7 Å². The number of nitrogen functional groups attached to an aromatic ring is 1. The number of aliphatic hydroxyl groups is 1. The summed E-state index contributed by atoms with van der Waals surface area (Å²) in [7, 11) is -3.99. The Balaban J connectivity index is 3.25. The average Bonchev–Trinajstić information content (AvgIpc) is 2.38. The number of nitrogens with zero attached hydrogens (tertiary/aromatic N) is 1. The van der Waals surface area contributed by atoms with Crippen LogP contribution >= 0.6 is 0 Å². The van der Waals surface area contributed by atoms with Crippen LogP contribution in [-0.2, 0) is 10.0 Å². The van der Waals surface area contributed by atoms with Gasteiger partial charge in [-0.15, -0.1) is 0 Å². The Morgan fingerprint density at radius 3 is 2.55 bits per heavy atom. The molecule has 7 heteroatoms. The van der Waals surface area contributed by atoms with E-state index in [4.69, 9.17) is 10.8 Å². The van der Waals surface area contributed by atoms with Crippen LogP contribution in [-0.4, -0.2) is 37.5 Å². The topological polar surface area (TPSA) is 83.6 Å². The summed E-state index contributed by atoms with van der Waals surface area (Å²) >= 11 is 0. The van der Waals surface area contributed by atoms with Gasteiger partial charge in [0.15, 0.2) is 0 Å². The van der Waals surface area contributed by atoms with Crippen LogP contribution in [0.4, 0.5) is 10.1 Å². The van der Waals surface area contributed by atoms with Crippen LogP contribution in [0.5, 0.6) is 0 Å². The van der Waals surface area contributed by atoms with Crippen LogP contribution in [0.2, 0.25) is 0 Å². The minimum absolute atomic E-state index is 0.0599. The van der Waals surface area contributed by atoms with Gasteiger partial charge in [0.1, 0.15) is 10.7 Å². The molecule has 0 amide bonds. The highest BCUT2D eigenvalue weighted by Gasteiger charge is 2.27. The Morgan fingerprint density at radius 1 is 1.35 bits per heavy atom. The van der Waals surface area contributed by atoms with Crippen molar-refractivity contribution < 1.29 is 17.9 Å². The zero-order valence-electron chi connectivity index (χ0n) is 11.8. The van der Waals surface area contributed by atoms with Crippen molar-refractivity contribution in [3.63, 3.8) is 0 Å². The van der Waals surface area contributed by atoms with Crippen molar-refractivity contribution in [2.24, 2.45) is 0 Å². The van der Waals surface area contributed by atoms with E-state index in [-0.39, 0.29) is 30.9 Å². The molecule has 0 unspecified atom stereocenters. The lowest BCUT2D eigenvalue weighted by Gasteiger charge is -2.22. The number of aliphatic hydroxyl groups excluding tert-OH is 1. The summed E-state index contributed by atoms with van der Waals surface area (Å²) in [6.07, 6.45) is 1.44. The van der Waals surface area contributed by atoms with Crippen molar-refractivity contribution >= 4 is 15.7 Å². The number of hydrogen-bond acceptors (Lipinski definition) is 4. The van der Waals surface area contributed by atoms with Crippen LogP contribution in [0.15, 0.2) is 17.0 Å². The van der Waals surface area contributed by atoms with E-state index in [1.54, 1.807) is 0 Å². The number of nitrogens with two attached hydrogens (primary N) is 1. The first-order valence-corrected chi connectivity index (χ1v) is 7.95. The minimum atomic E-state index is -3.99. The van der Waals surface area contributed by atoms with Gasteiger partial charge in [0.2, 0.25) is 10.0 Å². The fourth-order valence-corrected chi connectivity index (χ4v) is 3.53. The summed E-state index contributed by atoms with van der Waals surface area (Å²) in [5.74, 6) is -0.793. The zero-order chi connectivity index (χ0) is 15.3. The molecule has 0 bridgehead atoms. The van der Waals surface area contributed by atoms with E-state index in [0.717, 1.165) is 16.8 Å². The van der Waals surface area contributed by atoms with Gasteiger partial charge < -0.3 is 10.8 Å². The number of unbranched alkanes of at least 4 members (excludes halogenated alkanes) is 1. The van der Waals surface area contributed by atoms with E-state index >= 15 is 0 Å². The third kappa shape index (κ3) is 3.68. The van der Waals surface area contributed by atoms with Crippen LogP contribution < -0.4 is 5.73 Å². The number of rotatable bonds is 7. The maximum Gasteiger partial charge on any atom is 0.246 e. The lowest BCUT2D eigenvalue weighted by molar-refractivity contribution is 0.252. The Hall–Kier alpha value is -1.18. The third-order valence-corrected chi connectivity index (χ3v) is 4.87. The van der Waals surface area contributed by atoms with Crippen molar-refractivity contribution in [2.75, 3.05) is 25.4 Å². The van der Waals surface area contributed by atoms with E-state index in [1.807, 2.05) is 6.92 Å². The molecular weight excluding hydrogens is 283 g/mol. The Bertz CT molecular complexity index is 561. The summed E-state index contributed by atoms with van der Waals surface area (Å²) in [6, 6.07) is 2.50. The van der Waals surface area contributed by atoms with Gasteiger partial charge in [-0.25, -0.2) is 12.8 Å². The van der Waals surface area contributed by atoms with Crippen molar-refractivity contribution in [2.45, 2.75) is 31.6 Å². The molecule has 5 nitrogen and oxygen atoms in total. The monoisotopic (exact) mass is 304 g/mol. The van der Waals surface area contributed by atoms with E-state index < -0.39 is 20.7 Å². The molecule has 114 valence electrons. The zero-order valence-corrected chi connectivity index (χ0v) is 12.6. The molecule has 1 rings (SSSR count). The largest absolute Gasteiger partial charge is 0.399 e. The second-order valence-corrected chi connectivity index (χ2v) is 6.54. The molecule has 0 aliphatic heterocycles. The second kappa shape index (κ2) is 7.01. The lowest BCUT2D eigenvalue weighted by atomic mass is 10.2. The SMILES string of the molecule is CCCCN(CCO)S(=O)(=O)c1cc(N)cc(C)c1F. The van der Waals surface area contributed by atoms with Gasteiger partial charge in [0.05, 0.1) is 6.61 Å². The van der Waals surface area contributed by atoms with Gasteiger partial charge in [-0.2, -0.15) is 4.31 Å². The summed E-state index contributed by atoms with van der Waals surface area (Å²) < 4.78 is 40.1. The highest BCUT2D eigenvalue weighted by atomic mass is 32.2. The average molecular weight is 304 g/mol. The molecule has 0 heterocycles. The van der Waals surface area contributed by atoms with E-state index in [9.17, 15) is 12.8 Å². The van der Waals surface area contributed by atoms with Gasteiger partial charge in [0.25, 0.3) is 0 Å². The summed E-state index contributed by atoms with van der Waals surface area (Å²) in [6.45, 7) is 3.26. The quantitative estimate of drug-likeness (QED) is 0.748. The standard InChI is InChI=1S/C13H21FN2O3S/c1-3-4-5-16(6-7-17)20(18,19)12-9-11(15)8-10(2)13(12)14/h8-9,17H,3-7,15H2,1-2H3. The normalized spacial score (nSPS) is 12.1. The van der Waals surface area contributed by atoms with E-state index in [2.05, 4.69) is 0 Å². The van der Waals surface area contributed by atoms with E-state index in [1.165, 1.54) is 13.0 Å². The number of benzene rings is 1. The third-order valence-electron chi connectivity index (χ3n) is 2.97. The van der Waals surface area contributed by atoms with Crippen molar-refractivity contribution in [1.82, 2.24) is 4.31 Å². The van der Waals surface area contributed by atoms with Gasteiger partial charge in [0, 0.05) is 18.8 Å². The Morgan fingerprint density at radius 2 is 2.00 bits per heavy atom. The number of aryl methyl sites for hydroxylation is 1. The minimum Gasteiger partial charge on any atom is -0.399 e. The molecule has 3 N–H and O–H groups in total. The maximum atomic E-state index is 14.1. The summed E-state index contributed by atoms with van der Waals surface area (Å²) in [5.41, 5.74) is 5.98. The van der Waals surface area contributed by atoms with Gasteiger partial charge >= 0.3 is 0 Å². The molecule has 0 saturated heterocycles. The first-order chi connectivity index (χ1) is 9.34. The molecule has 20 heavy (non-hydrogen) atoms. The summed E-state index contributed by atoms with van der Waals surface area (Å²) in [4.78, 5) is -0.431. The molecule has 0 fully saturated rings. The molecule has 1 aromatic carbocycles. The molecule has 0 spiro atoms. The number of halogens is 1. The number of hydrogen-bond donors (Lipinski definition) is 2. The molecule has 0 aromatic heterocycles. The highest BCUT2D eigenvalue weighted by Crippen LogP contribution is 2.24. The number of sulfonamides is 1. The van der Waals surface area contributed by atoms with Crippen LogP contribution in [0.25, 0.3) is 0 Å². The lowest BCUT2D eigenvalue weighted by Crippen LogP contribution is -2.35. The second-order valence-electron chi connectivity index (χ2n) is 4.63. The van der Waals surface area contributed by atoms with Crippen LogP contribution in [0.1, 0.15) is 25.3 Å². The van der Waals surface area contributed by atoms with Gasteiger partial charge in [-0.3, -0.25) is 0 Å². The molecule has 0 atom stereocenters. The van der Waals surface area contributed by atoms with Gasteiger partial charge in [-0.1, -0.05) is 13.3 Å². The fraction of sp³-hybridized carbons (Fsp3) is 0.538. The maximum absolute atomic E-state index is 14.1. The molecule has 1 aromatic rings. The summed E-state index contributed by atoms with van der Waals surface area (Å²) in [5, 5.41) is 9.00. The Kier molecular flexibility index (Phi) is 5.91. The fourth-order valence-electron chi connectivity index (χ4n) is 1.89. The first kappa shape index (κ1) is 16.9. The predicted octanol–water partition coefficient (Wildman–Crippen LogP) is 1.50. The van der Waals surface area contributed by atoms with E-state index in [0.29, 0.717) is 6.42 Å².